The van der Waals surface area contributed by atoms with Crippen LogP contribution in [0.1, 0.15) is 5.56 Å². The number of aryl methyl sites for hydroxylation is 1. The Hall–Kier alpha value is -1.38. The number of aromatic hydroxyl groups is 1. The van der Waals surface area contributed by atoms with E-state index in [4.69, 9.17) is 0 Å². The first-order valence-corrected chi connectivity index (χ1v) is 4.61. The van der Waals surface area contributed by atoms with Crippen molar-refractivity contribution in [1.82, 2.24) is 0 Å². The highest BCUT2D eigenvalue weighted by atomic mass is 16.3. The van der Waals surface area contributed by atoms with Gasteiger partial charge < -0.3 is 14.9 Å². The van der Waals surface area contributed by atoms with E-state index in [2.05, 4.69) is 0 Å². The lowest BCUT2D eigenvalue weighted by Crippen LogP contribution is -2.13. The summed E-state index contributed by atoms with van der Waals surface area (Å²) in [5, 5.41) is 9.97. The fraction of sp³-hybridized carbons (Fsp3) is 0.455. The SMILES string of the molecule is Cc1cc(N(C)C)c(O)c(N(C)C)c1. The number of hydrogen-bond donors (Lipinski definition) is 1. The maximum Gasteiger partial charge on any atom is 0.162 e. The highest BCUT2D eigenvalue weighted by molar-refractivity contribution is 5.72. The van der Waals surface area contributed by atoms with E-state index in [0.717, 1.165) is 16.9 Å². The van der Waals surface area contributed by atoms with Crippen molar-refractivity contribution in [2.45, 2.75) is 6.92 Å². The zero-order valence-electron chi connectivity index (χ0n) is 9.50. The Morgan fingerprint density at radius 3 is 1.57 bits per heavy atom. The number of rotatable bonds is 2. The molecule has 3 heteroatoms. The zero-order valence-corrected chi connectivity index (χ0v) is 9.50. The Labute approximate surface area is 85.6 Å². The lowest BCUT2D eigenvalue weighted by atomic mass is 10.1. The Bertz CT molecular complexity index is 303. The molecule has 0 aliphatic heterocycles. The van der Waals surface area contributed by atoms with E-state index in [-0.39, 0.29) is 0 Å². The molecule has 1 N–H and O–H groups in total. The van der Waals surface area contributed by atoms with Crippen LogP contribution in [0.4, 0.5) is 11.4 Å². The molecule has 0 saturated heterocycles. The Balaban J connectivity index is 3.32. The standard InChI is InChI=1S/C11H18N2O/c1-8-6-9(12(2)3)11(14)10(7-8)13(4)5/h6-7,14H,1-5H3. The average molecular weight is 194 g/mol. The molecule has 1 rings (SSSR count). The minimum Gasteiger partial charge on any atom is -0.504 e. The van der Waals surface area contributed by atoms with E-state index in [1.54, 1.807) is 0 Å². The van der Waals surface area contributed by atoms with Gasteiger partial charge in [-0.1, -0.05) is 0 Å². The van der Waals surface area contributed by atoms with Crippen LogP contribution < -0.4 is 9.80 Å². The van der Waals surface area contributed by atoms with Crippen LogP contribution in [0, 0.1) is 6.92 Å². The second-order valence-electron chi connectivity index (χ2n) is 3.94. The largest absolute Gasteiger partial charge is 0.504 e. The predicted octanol–water partition coefficient (Wildman–Crippen LogP) is 1.83. The summed E-state index contributed by atoms with van der Waals surface area (Å²) in [4.78, 5) is 3.82. The molecule has 0 spiro atoms. The van der Waals surface area contributed by atoms with Crippen molar-refractivity contribution in [3.63, 3.8) is 0 Å². The van der Waals surface area contributed by atoms with Crippen LogP contribution in [0.3, 0.4) is 0 Å². The van der Waals surface area contributed by atoms with Crippen molar-refractivity contribution < 1.29 is 5.11 Å². The van der Waals surface area contributed by atoms with Gasteiger partial charge in [0.15, 0.2) is 5.75 Å². The fourth-order valence-corrected chi connectivity index (χ4v) is 1.42. The van der Waals surface area contributed by atoms with Crippen molar-refractivity contribution in [3.8, 4) is 5.75 Å². The summed E-state index contributed by atoms with van der Waals surface area (Å²) in [5.74, 6) is 0.339. The summed E-state index contributed by atoms with van der Waals surface area (Å²) in [6.07, 6.45) is 0. The first-order valence-electron chi connectivity index (χ1n) is 4.61. The molecule has 0 radical (unpaired) electrons. The third-order valence-electron chi connectivity index (χ3n) is 2.18. The summed E-state index contributed by atoms with van der Waals surface area (Å²) in [5.41, 5.74) is 2.86. The molecule has 0 fully saturated rings. The number of hydrogen-bond acceptors (Lipinski definition) is 3. The van der Waals surface area contributed by atoms with E-state index < -0.39 is 0 Å². The van der Waals surface area contributed by atoms with Crippen LogP contribution in [-0.2, 0) is 0 Å². The summed E-state index contributed by atoms with van der Waals surface area (Å²) in [6.45, 7) is 2.03. The van der Waals surface area contributed by atoms with E-state index in [0.29, 0.717) is 5.75 Å². The van der Waals surface area contributed by atoms with Crippen LogP contribution in [0.25, 0.3) is 0 Å². The second-order valence-corrected chi connectivity index (χ2v) is 3.94. The Morgan fingerprint density at radius 1 is 0.929 bits per heavy atom. The van der Waals surface area contributed by atoms with E-state index in [1.165, 1.54) is 0 Å². The minimum absolute atomic E-state index is 0.339. The third kappa shape index (κ3) is 1.92. The van der Waals surface area contributed by atoms with Gasteiger partial charge in [0.2, 0.25) is 0 Å². The molecular weight excluding hydrogens is 176 g/mol. The van der Waals surface area contributed by atoms with E-state index in [1.807, 2.05) is 57.0 Å². The molecule has 0 amide bonds. The molecule has 1 aromatic rings. The monoisotopic (exact) mass is 194 g/mol. The molecule has 0 saturated carbocycles. The molecule has 78 valence electrons. The molecule has 0 aliphatic carbocycles. The van der Waals surface area contributed by atoms with Crippen LogP contribution in [0.2, 0.25) is 0 Å². The van der Waals surface area contributed by atoms with Crippen molar-refractivity contribution in [2.24, 2.45) is 0 Å². The minimum atomic E-state index is 0.339. The number of anilines is 2. The number of benzene rings is 1. The summed E-state index contributed by atoms with van der Waals surface area (Å²) in [7, 11) is 7.70. The Kier molecular flexibility index (Phi) is 2.89. The van der Waals surface area contributed by atoms with Crippen molar-refractivity contribution in [2.75, 3.05) is 38.0 Å². The molecular formula is C11H18N2O. The lowest BCUT2D eigenvalue weighted by molar-refractivity contribution is 0.476. The number of phenols is 1. The van der Waals surface area contributed by atoms with Gasteiger partial charge in [0.25, 0.3) is 0 Å². The molecule has 0 aromatic heterocycles. The smallest absolute Gasteiger partial charge is 0.162 e. The normalized spacial score (nSPS) is 10.1. The zero-order chi connectivity index (χ0) is 10.9. The van der Waals surface area contributed by atoms with Gasteiger partial charge >= 0.3 is 0 Å². The first-order chi connectivity index (χ1) is 6.43. The summed E-state index contributed by atoms with van der Waals surface area (Å²) in [6, 6.07) is 3.95. The van der Waals surface area contributed by atoms with Gasteiger partial charge in [-0.2, -0.15) is 0 Å². The summed E-state index contributed by atoms with van der Waals surface area (Å²) < 4.78 is 0. The molecule has 0 atom stereocenters. The molecule has 0 unspecified atom stereocenters. The predicted molar refractivity (Wildman–Crippen MR) is 61.5 cm³/mol. The van der Waals surface area contributed by atoms with Crippen molar-refractivity contribution in [3.05, 3.63) is 17.7 Å². The fourth-order valence-electron chi connectivity index (χ4n) is 1.42. The number of nitrogens with zero attached hydrogens (tertiary/aromatic N) is 2. The van der Waals surface area contributed by atoms with Gasteiger partial charge in [0.1, 0.15) is 0 Å². The molecule has 3 nitrogen and oxygen atoms in total. The maximum atomic E-state index is 9.97. The van der Waals surface area contributed by atoms with Gasteiger partial charge in [-0.15, -0.1) is 0 Å². The van der Waals surface area contributed by atoms with E-state index >= 15 is 0 Å². The van der Waals surface area contributed by atoms with Crippen molar-refractivity contribution in [1.29, 1.82) is 0 Å². The average Bonchev–Trinajstić information content (AvgIpc) is 2.07. The maximum absolute atomic E-state index is 9.97. The highest BCUT2D eigenvalue weighted by Gasteiger charge is 2.11. The van der Waals surface area contributed by atoms with Crippen LogP contribution >= 0.6 is 0 Å². The molecule has 1 aromatic carbocycles. The highest BCUT2D eigenvalue weighted by Crippen LogP contribution is 2.36. The van der Waals surface area contributed by atoms with Crippen LogP contribution in [0.15, 0.2) is 12.1 Å². The third-order valence-corrected chi connectivity index (χ3v) is 2.18. The first kappa shape index (κ1) is 10.7. The number of phenolic OH excluding ortho intramolecular Hbond substituents is 1. The molecule has 0 aliphatic rings. The van der Waals surface area contributed by atoms with Gasteiger partial charge in [0, 0.05) is 28.2 Å². The van der Waals surface area contributed by atoms with Crippen molar-refractivity contribution >= 4 is 11.4 Å². The molecule has 0 bridgehead atoms. The van der Waals surface area contributed by atoms with Crippen LogP contribution in [-0.4, -0.2) is 33.3 Å². The topological polar surface area (TPSA) is 26.7 Å². The molecule has 14 heavy (non-hydrogen) atoms. The van der Waals surface area contributed by atoms with Gasteiger partial charge in [-0.3, -0.25) is 0 Å². The van der Waals surface area contributed by atoms with E-state index in [9.17, 15) is 5.11 Å². The summed E-state index contributed by atoms with van der Waals surface area (Å²) >= 11 is 0. The van der Waals surface area contributed by atoms with Gasteiger partial charge in [0.05, 0.1) is 11.4 Å². The second kappa shape index (κ2) is 3.78. The lowest BCUT2D eigenvalue weighted by Gasteiger charge is -2.21. The van der Waals surface area contributed by atoms with Crippen LogP contribution in [0.5, 0.6) is 5.75 Å². The quantitative estimate of drug-likeness (QED) is 0.778. The molecule has 0 heterocycles. The van der Waals surface area contributed by atoms with Gasteiger partial charge in [-0.05, 0) is 24.6 Å². The van der Waals surface area contributed by atoms with Gasteiger partial charge in [-0.25, -0.2) is 0 Å². The Morgan fingerprint density at radius 2 is 1.29 bits per heavy atom.